The molecule has 5 rings (SSSR count). The van der Waals surface area contributed by atoms with Crippen LogP contribution in [0.1, 0.15) is 22.8 Å². The quantitative estimate of drug-likeness (QED) is 0.328. The number of allylic oxidation sites excluding steroid dienone is 2. The second-order valence-electron chi connectivity index (χ2n) is 8.58. The zero-order valence-corrected chi connectivity index (χ0v) is 22.5. The van der Waals surface area contributed by atoms with Crippen LogP contribution in [0.4, 0.5) is 11.4 Å². The van der Waals surface area contributed by atoms with Crippen molar-refractivity contribution in [2.75, 3.05) is 10.2 Å². The van der Waals surface area contributed by atoms with Gasteiger partial charge in [0.2, 0.25) is 11.8 Å². The van der Waals surface area contributed by atoms with Crippen molar-refractivity contribution in [1.29, 1.82) is 0 Å². The summed E-state index contributed by atoms with van der Waals surface area (Å²) in [7, 11) is 0. The van der Waals surface area contributed by atoms with Crippen molar-refractivity contribution in [1.82, 2.24) is 0 Å². The van der Waals surface area contributed by atoms with Crippen LogP contribution in [-0.2, 0) is 16.0 Å². The highest BCUT2D eigenvalue weighted by molar-refractivity contribution is 6.67. The number of fused-ring (bicyclic) bond motifs is 5. The second-order valence-corrected chi connectivity index (χ2v) is 11.9. The zero-order chi connectivity index (χ0) is 25.5. The zero-order valence-electron chi connectivity index (χ0n) is 17.9. The van der Waals surface area contributed by atoms with Gasteiger partial charge >= 0.3 is 0 Å². The van der Waals surface area contributed by atoms with Gasteiger partial charge in [-0.05, 0) is 30.2 Å². The predicted molar refractivity (Wildman–Crippen MR) is 140 cm³/mol. The molecule has 1 aliphatic heterocycles. The highest BCUT2D eigenvalue weighted by Gasteiger charge is 2.87. The molecule has 0 radical (unpaired) electrons. The fraction of sp³-hybridized carbons (Fsp3) is 0.292. The molecule has 0 unspecified atom stereocenters. The second kappa shape index (κ2) is 8.27. The Bertz CT molecular complexity index is 1300. The number of hydrogen-bond donors (Lipinski definition) is 1. The van der Waals surface area contributed by atoms with Gasteiger partial charge in [-0.2, -0.15) is 0 Å². The van der Waals surface area contributed by atoms with Gasteiger partial charge in [0.1, 0.15) is 9.75 Å². The average Bonchev–Trinajstić information content (AvgIpc) is 3.22. The first-order valence-corrected chi connectivity index (χ1v) is 12.9. The van der Waals surface area contributed by atoms with Crippen molar-refractivity contribution in [2.45, 2.75) is 27.4 Å². The molecule has 2 aliphatic carbocycles. The van der Waals surface area contributed by atoms with E-state index >= 15 is 0 Å². The van der Waals surface area contributed by atoms with Crippen LogP contribution in [0.5, 0.6) is 0 Å². The topological polar surface area (TPSA) is 66.5 Å². The van der Waals surface area contributed by atoms with Crippen LogP contribution < -0.4 is 10.2 Å². The number of nitrogens with zero attached hydrogens (tertiary/aromatic N) is 1. The number of para-hydroxylation sites is 2. The normalized spacial score (nSPS) is 30.8. The van der Waals surface area contributed by atoms with Crippen molar-refractivity contribution >= 4 is 98.7 Å². The molecule has 1 N–H and O–H groups in total. The van der Waals surface area contributed by atoms with Crippen LogP contribution in [0.2, 0.25) is 0 Å². The van der Waals surface area contributed by atoms with Gasteiger partial charge in [-0.15, -0.1) is 23.2 Å². The van der Waals surface area contributed by atoms with E-state index in [2.05, 4.69) is 5.32 Å². The molecule has 2 bridgehead atoms. The maximum Gasteiger partial charge on any atom is 0.257 e. The minimum atomic E-state index is -2.02. The molecule has 2 aromatic rings. The van der Waals surface area contributed by atoms with Crippen molar-refractivity contribution in [2.24, 2.45) is 11.8 Å². The van der Waals surface area contributed by atoms with E-state index in [9.17, 15) is 14.4 Å². The molecule has 1 saturated carbocycles. The van der Waals surface area contributed by atoms with Gasteiger partial charge < -0.3 is 5.32 Å². The summed E-state index contributed by atoms with van der Waals surface area (Å²) < 4.78 is -2.02. The number of benzene rings is 2. The average molecular weight is 593 g/mol. The molecule has 1 saturated heterocycles. The number of halogens is 6. The van der Waals surface area contributed by atoms with E-state index in [-0.39, 0.29) is 21.3 Å². The lowest BCUT2D eigenvalue weighted by molar-refractivity contribution is -0.123. The molecule has 3 amide bonds. The van der Waals surface area contributed by atoms with Crippen molar-refractivity contribution in [3.63, 3.8) is 0 Å². The third kappa shape index (κ3) is 3.00. The number of carbonyl (C=O) groups excluding carboxylic acids is 3. The molecule has 0 aromatic heterocycles. The molecule has 5 nitrogen and oxygen atoms in total. The van der Waals surface area contributed by atoms with Crippen LogP contribution in [0.3, 0.4) is 0 Å². The van der Waals surface area contributed by atoms with Gasteiger partial charge in [-0.3, -0.25) is 14.4 Å². The van der Waals surface area contributed by atoms with Gasteiger partial charge in [0, 0.05) is 5.69 Å². The van der Waals surface area contributed by atoms with Crippen molar-refractivity contribution in [3.8, 4) is 0 Å². The summed E-state index contributed by atoms with van der Waals surface area (Å²) in [4.78, 5) is 37.7. The minimum Gasteiger partial charge on any atom is -0.322 e. The van der Waals surface area contributed by atoms with Crippen LogP contribution in [0.15, 0.2) is 58.6 Å². The lowest BCUT2D eigenvalue weighted by Gasteiger charge is -2.34. The van der Waals surface area contributed by atoms with E-state index in [1.165, 1.54) is 12.1 Å². The molecular weight excluding hydrogens is 577 g/mol. The number of aryl methyl sites for hydroxylation is 1. The summed E-state index contributed by atoms with van der Waals surface area (Å²) in [6.45, 7) is 1.97. The molecule has 182 valence electrons. The Hall–Kier alpha value is -1.47. The Balaban J connectivity index is 1.57. The number of rotatable bonds is 4. The van der Waals surface area contributed by atoms with E-state index in [0.717, 1.165) is 10.5 Å². The SMILES string of the molecule is CCc1ccccc1NC(=O)c1ccccc1N1C(=O)[C@H]2[C@H](C1=O)[C@@]1(Cl)C(Cl)=C(Cl)[C@@]2(Cl)C1(Cl)Cl. The van der Waals surface area contributed by atoms with Gasteiger partial charge in [0.25, 0.3) is 5.91 Å². The van der Waals surface area contributed by atoms with Crippen molar-refractivity contribution < 1.29 is 14.4 Å². The van der Waals surface area contributed by atoms with Gasteiger partial charge in [0.05, 0.1) is 33.2 Å². The fourth-order valence-corrected chi connectivity index (χ4v) is 8.16. The largest absolute Gasteiger partial charge is 0.322 e. The predicted octanol–water partition coefficient (Wildman–Crippen LogP) is 6.45. The van der Waals surface area contributed by atoms with Crippen LogP contribution in [0, 0.1) is 11.8 Å². The fourth-order valence-electron chi connectivity index (χ4n) is 5.23. The lowest BCUT2D eigenvalue weighted by Crippen LogP contribution is -2.50. The summed E-state index contributed by atoms with van der Waals surface area (Å²) in [6.07, 6.45) is 0.702. The summed E-state index contributed by atoms with van der Waals surface area (Å²) in [6, 6.07) is 13.6. The Labute approximate surface area is 231 Å². The van der Waals surface area contributed by atoms with Gasteiger partial charge in [-0.25, -0.2) is 4.90 Å². The lowest BCUT2D eigenvalue weighted by atomic mass is 9.84. The maximum absolute atomic E-state index is 13.7. The summed E-state index contributed by atoms with van der Waals surface area (Å²) in [5.74, 6) is -4.51. The highest BCUT2D eigenvalue weighted by atomic mass is 35.5. The number of anilines is 2. The number of alkyl halides is 4. The first-order valence-electron chi connectivity index (χ1n) is 10.6. The Kier molecular flexibility index (Phi) is 5.95. The molecule has 35 heavy (non-hydrogen) atoms. The first-order chi connectivity index (χ1) is 16.4. The van der Waals surface area contributed by atoms with Crippen LogP contribution >= 0.6 is 69.6 Å². The van der Waals surface area contributed by atoms with Gasteiger partial charge in [-0.1, -0.05) is 83.7 Å². The Morgan fingerprint density at radius 2 is 1.40 bits per heavy atom. The minimum absolute atomic E-state index is 0.0744. The van der Waals surface area contributed by atoms with E-state index < -0.39 is 43.6 Å². The number of nitrogens with one attached hydrogen (secondary N) is 1. The molecule has 1 heterocycles. The molecule has 11 heteroatoms. The van der Waals surface area contributed by atoms with Crippen LogP contribution in [0.25, 0.3) is 0 Å². The van der Waals surface area contributed by atoms with Gasteiger partial charge in [0.15, 0.2) is 4.33 Å². The third-order valence-corrected chi connectivity index (χ3v) is 11.2. The maximum atomic E-state index is 13.7. The summed E-state index contributed by atoms with van der Waals surface area (Å²) in [5.41, 5.74) is 1.74. The standard InChI is InChI=1S/C24H16Cl6N2O3/c1-2-11-7-3-5-9-13(11)31-19(33)12-8-4-6-10-14(12)32-20(34)15-16(21(32)35)23(28)18(26)17(25)22(15,27)24(23,29)30/h3-10,15-16H,2H2,1H3,(H,31,33)/t15-,16-,22-,23-/m1/s1. The molecule has 2 aromatic carbocycles. The molecule has 4 atom stereocenters. The Morgan fingerprint density at radius 1 is 0.886 bits per heavy atom. The number of carbonyl (C=O) groups is 3. The summed E-state index contributed by atoms with van der Waals surface area (Å²) >= 11 is 39.4. The highest BCUT2D eigenvalue weighted by Crippen LogP contribution is 2.77. The molecule has 3 aliphatic rings. The third-order valence-electron chi connectivity index (χ3n) is 6.94. The number of imide groups is 1. The summed E-state index contributed by atoms with van der Waals surface area (Å²) in [5, 5.41) is 2.51. The molecule has 0 spiro atoms. The number of hydrogen-bond acceptors (Lipinski definition) is 3. The van der Waals surface area contributed by atoms with Crippen LogP contribution in [-0.4, -0.2) is 31.8 Å². The molecular formula is C24H16Cl6N2O3. The number of amides is 3. The Morgan fingerprint density at radius 3 is 1.97 bits per heavy atom. The van der Waals surface area contributed by atoms with Crippen molar-refractivity contribution in [3.05, 3.63) is 69.7 Å². The van der Waals surface area contributed by atoms with E-state index in [4.69, 9.17) is 69.6 Å². The van der Waals surface area contributed by atoms with E-state index in [1.54, 1.807) is 24.3 Å². The monoisotopic (exact) mass is 590 g/mol. The first kappa shape index (κ1) is 25.2. The van der Waals surface area contributed by atoms with E-state index in [1.807, 2.05) is 19.1 Å². The smallest absolute Gasteiger partial charge is 0.257 e. The van der Waals surface area contributed by atoms with E-state index in [0.29, 0.717) is 12.1 Å². The molecule has 2 fully saturated rings.